The first kappa shape index (κ1) is 44.2. The number of hydrogen-bond donors (Lipinski definition) is 3. The molecule has 66 heavy (non-hydrogen) atoms. The zero-order valence-electron chi connectivity index (χ0n) is 36.3. The second-order valence-electron chi connectivity index (χ2n) is 17.4. The van der Waals surface area contributed by atoms with Crippen molar-refractivity contribution in [1.29, 1.82) is 0 Å². The first-order chi connectivity index (χ1) is 31.6. The van der Waals surface area contributed by atoms with E-state index >= 15 is 13.2 Å². The molecular weight excluding hydrogens is 868 g/mol. The number of alkyl halides is 2. The van der Waals surface area contributed by atoms with E-state index in [0.717, 1.165) is 28.7 Å². The van der Waals surface area contributed by atoms with Crippen molar-refractivity contribution < 1.29 is 51.5 Å². The highest BCUT2D eigenvalue weighted by Crippen LogP contribution is 2.40. The van der Waals surface area contributed by atoms with Crippen LogP contribution in [-0.4, -0.2) is 150 Å². The minimum Gasteiger partial charge on any atom is -0.495 e. The molecule has 8 amide bonds. The van der Waals surface area contributed by atoms with Gasteiger partial charge in [-0.25, -0.2) is 14.2 Å². The maximum absolute atomic E-state index is 15.7. The summed E-state index contributed by atoms with van der Waals surface area (Å²) in [5.41, 5.74) is 0.971. The molecule has 19 nitrogen and oxygen atoms in total. The number of likely N-dealkylation sites (tertiary alicyclic amines) is 1. The van der Waals surface area contributed by atoms with Gasteiger partial charge in [0.05, 0.1) is 42.2 Å². The number of anilines is 5. The predicted molar refractivity (Wildman–Crippen MR) is 231 cm³/mol. The molecule has 6 aliphatic rings. The number of fused-ring (bicyclic) bond motifs is 2. The van der Waals surface area contributed by atoms with E-state index in [4.69, 9.17) is 4.74 Å². The molecule has 6 heterocycles. The summed E-state index contributed by atoms with van der Waals surface area (Å²) in [5, 5.41) is 7.96. The van der Waals surface area contributed by atoms with Crippen LogP contribution in [-0.2, 0) is 14.4 Å². The molecule has 1 aromatic heterocycles. The van der Waals surface area contributed by atoms with Gasteiger partial charge >= 0.3 is 12.0 Å². The third-order valence-electron chi connectivity index (χ3n) is 13.4. The number of piperazine rings is 1. The summed E-state index contributed by atoms with van der Waals surface area (Å²) in [7, 11) is 2.59. The van der Waals surface area contributed by atoms with Crippen molar-refractivity contribution in [3.05, 3.63) is 59.0 Å². The number of benzene rings is 2. The van der Waals surface area contributed by atoms with Crippen LogP contribution in [0.4, 0.5) is 46.8 Å². The Balaban J connectivity index is 0.785. The SMILES string of the molecule is COc1cc(C(=O)NC2CCN(C(=O)N3CCN(c4ccc5c(c4)C(=O)N(C4CCC(=O)NC4=O)C5=O)CC3)CC2)c(F)cc1Nc1ncc2c(n1)N(C1CCCC1)CC(F)(F)C(=O)N2C. The van der Waals surface area contributed by atoms with Gasteiger partial charge in [0, 0.05) is 76.6 Å². The van der Waals surface area contributed by atoms with Gasteiger partial charge in [-0.1, -0.05) is 12.8 Å². The van der Waals surface area contributed by atoms with Gasteiger partial charge in [0.1, 0.15) is 23.3 Å². The average Bonchev–Trinajstić information content (AvgIpc) is 3.92. The number of nitrogens with one attached hydrogen (secondary N) is 3. The van der Waals surface area contributed by atoms with Crippen LogP contribution in [0.25, 0.3) is 0 Å². The number of nitrogens with zero attached hydrogens (tertiary/aromatic N) is 8. The van der Waals surface area contributed by atoms with Crippen LogP contribution < -0.4 is 35.4 Å². The number of amides is 8. The Kier molecular flexibility index (Phi) is 11.7. The topological polar surface area (TPSA) is 210 Å². The van der Waals surface area contributed by atoms with Gasteiger partial charge in [0.25, 0.3) is 23.6 Å². The number of urea groups is 1. The van der Waals surface area contributed by atoms with Crippen LogP contribution in [0, 0.1) is 5.82 Å². The molecule has 22 heteroatoms. The first-order valence-corrected chi connectivity index (χ1v) is 22.0. The van der Waals surface area contributed by atoms with Gasteiger partial charge in [0.2, 0.25) is 17.8 Å². The fourth-order valence-electron chi connectivity index (χ4n) is 9.71. The van der Waals surface area contributed by atoms with E-state index in [2.05, 4.69) is 25.9 Å². The van der Waals surface area contributed by atoms with Crippen molar-refractivity contribution >= 4 is 70.3 Å². The van der Waals surface area contributed by atoms with E-state index in [1.54, 1.807) is 28.0 Å². The molecule has 5 aliphatic heterocycles. The first-order valence-electron chi connectivity index (χ1n) is 22.0. The number of carbonyl (C=O) groups is 7. The summed E-state index contributed by atoms with van der Waals surface area (Å²) >= 11 is 0. The van der Waals surface area contributed by atoms with Crippen LogP contribution in [0.5, 0.6) is 5.75 Å². The lowest BCUT2D eigenvalue weighted by atomic mass is 10.0. The van der Waals surface area contributed by atoms with Crippen molar-refractivity contribution in [3.8, 4) is 5.75 Å². The maximum Gasteiger partial charge on any atom is 0.342 e. The number of piperidine rings is 2. The number of halogens is 3. The molecule has 3 saturated heterocycles. The van der Waals surface area contributed by atoms with Crippen molar-refractivity contribution in [2.75, 3.05) is 80.0 Å². The fourth-order valence-corrected chi connectivity index (χ4v) is 9.71. The summed E-state index contributed by atoms with van der Waals surface area (Å²) in [6.07, 6.45) is 5.23. The highest BCUT2D eigenvalue weighted by molar-refractivity contribution is 6.23. The number of ether oxygens (including phenoxy) is 1. The minimum atomic E-state index is -3.65. The predicted octanol–water partition coefficient (Wildman–Crippen LogP) is 3.27. The van der Waals surface area contributed by atoms with Crippen molar-refractivity contribution in [3.63, 3.8) is 0 Å². The lowest BCUT2D eigenvalue weighted by molar-refractivity contribution is -0.140. The molecule has 9 rings (SSSR count). The van der Waals surface area contributed by atoms with E-state index in [-0.39, 0.29) is 76.5 Å². The number of methoxy groups -OCH3 is 1. The van der Waals surface area contributed by atoms with E-state index in [1.165, 1.54) is 31.3 Å². The summed E-state index contributed by atoms with van der Waals surface area (Å²) in [4.78, 5) is 108. The number of hydrogen-bond acceptors (Lipinski definition) is 13. The molecule has 1 unspecified atom stereocenters. The van der Waals surface area contributed by atoms with Gasteiger partial charge in [0.15, 0.2) is 5.82 Å². The average molecular weight is 916 g/mol. The minimum absolute atomic E-state index is 0.0260. The summed E-state index contributed by atoms with van der Waals surface area (Å²) < 4.78 is 51.3. The molecule has 1 aliphatic carbocycles. The van der Waals surface area contributed by atoms with Crippen molar-refractivity contribution in [1.82, 2.24) is 35.3 Å². The second kappa shape index (κ2) is 17.4. The highest BCUT2D eigenvalue weighted by atomic mass is 19.3. The van der Waals surface area contributed by atoms with Gasteiger partial charge in [-0.3, -0.25) is 39.0 Å². The molecule has 1 saturated carbocycles. The van der Waals surface area contributed by atoms with Crippen LogP contribution >= 0.6 is 0 Å². The maximum atomic E-state index is 15.7. The highest BCUT2D eigenvalue weighted by Gasteiger charge is 2.49. The Labute approximate surface area is 376 Å². The molecule has 3 N–H and O–H groups in total. The van der Waals surface area contributed by atoms with Gasteiger partial charge in [-0.05, 0) is 56.4 Å². The van der Waals surface area contributed by atoms with Crippen molar-refractivity contribution in [2.45, 2.75) is 75.4 Å². The Bertz CT molecular complexity index is 2520. The number of carbonyl (C=O) groups excluding carboxylic acids is 7. The Morgan fingerprint density at radius 2 is 1.58 bits per heavy atom. The molecule has 4 fully saturated rings. The smallest absolute Gasteiger partial charge is 0.342 e. The Hall–Kier alpha value is -7.00. The lowest BCUT2D eigenvalue weighted by Crippen LogP contribution is -2.55. The molecule has 2 aromatic carbocycles. The zero-order valence-corrected chi connectivity index (χ0v) is 36.3. The number of rotatable bonds is 8. The summed E-state index contributed by atoms with van der Waals surface area (Å²) in [5.74, 6) is -8.70. The van der Waals surface area contributed by atoms with E-state index in [0.29, 0.717) is 70.6 Å². The van der Waals surface area contributed by atoms with Crippen LogP contribution in [0.15, 0.2) is 36.5 Å². The van der Waals surface area contributed by atoms with Gasteiger partial charge in [-0.2, -0.15) is 13.8 Å². The molecular formula is C44H48F3N11O8. The quantitative estimate of drug-likeness (QED) is 0.278. The monoisotopic (exact) mass is 915 g/mol. The van der Waals surface area contributed by atoms with Crippen LogP contribution in [0.1, 0.15) is 82.4 Å². The van der Waals surface area contributed by atoms with E-state index in [9.17, 15) is 33.6 Å². The summed E-state index contributed by atoms with van der Waals surface area (Å²) in [6, 6.07) is 5.40. The van der Waals surface area contributed by atoms with E-state index < -0.39 is 59.8 Å². The van der Waals surface area contributed by atoms with Crippen LogP contribution in [0.2, 0.25) is 0 Å². The largest absolute Gasteiger partial charge is 0.495 e. The normalized spacial score (nSPS) is 21.5. The van der Waals surface area contributed by atoms with Gasteiger partial charge < -0.3 is 39.9 Å². The standard InChI is InChI=1S/C44H48F3N11O8/c1-53-33-22-48-42(52-36(33)57(25-5-3-4-6-25)23-44(46,47)41(53)64)50-31-21-30(45)29(20-34(31)66-2)37(60)49-24-11-13-55(14-12-24)43(65)56-17-15-54(16-18-56)26-7-8-27-28(19-26)40(63)58(39(27)62)32-9-10-35(59)51-38(32)61/h7-8,19-22,24-25,32H,3-6,9-18,23H2,1-2H3,(H,49,60)(H,48,50,52)(H,51,59,61). The van der Waals surface area contributed by atoms with Crippen molar-refractivity contribution in [2.24, 2.45) is 0 Å². The Morgan fingerprint density at radius 3 is 2.27 bits per heavy atom. The van der Waals surface area contributed by atoms with Crippen LogP contribution in [0.3, 0.4) is 0 Å². The fraction of sp³-hybridized carbons (Fsp3) is 0.477. The number of imide groups is 2. The Morgan fingerprint density at radius 1 is 0.879 bits per heavy atom. The molecule has 0 spiro atoms. The van der Waals surface area contributed by atoms with Gasteiger partial charge in [-0.15, -0.1) is 0 Å². The van der Waals surface area contributed by atoms with E-state index in [1.807, 2.05) is 4.90 Å². The number of aromatic nitrogens is 2. The lowest BCUT2D eigenvalue weighted by Gasteiger charge is -2.40. The third kappa shape index (κ3) is 8.16. The third-order valence-corrected chi connectivity index (χ3v) is 13.4. The molecule has 0 bridgehead atoms. The molecule has 3 aromatic rings. The molecule has 1 atom stereocenters. The zero-order chi connectivity index (χ0) is 46.6. The molecule has 348 valence electrons. The summed E-state index contributed by atoms with van der Waals surface area (Å²) in [6.45, 7) is 1.56. The second-order valence-corrected chi connectivity index (χ2v) is 17.4. The molecule has 0 radical (unpaired) electrons.